The van der Waals surface area contributed by atoms with E-state index in [0.717, 1.165) is 59.1 Å². The van der Waals surface area contributed by atoms with Gasteiger partial charge in [-0.2, -0.15) is 9.97 Å². The molecule has 3 aliphatic carbocycles. The minimum Gasteiger partial charge on any atom is -0.454 e. The lowest BCUT2D eigenvalue weighted by atomic mass is 9.82. The van der Waals surface area contributed by atoms with Gasteiger partial charge in [0.25, 0.3) is 0 Å². The SMILES string of the molecule is CC1C=Cc2oc3c(cc(C4=CC=CC(c5ccc6c(c5)c5ccccc5n6-c5ccccc5)C4)c4c5c(n(-c6nc(-c7ccccc7)nc(-c7ccccc7)n6)c43)CCC=C5)c2C1. The highest BCUT2D eigenvalue weighted by atomic mass is 16.3. The molecule has 4 aromatic heterocycles. The first-order valence-corrected chi connectivity index (χ1v) is 22.5. The Hall–Kier alpha value is -7.83. The van der Waals surface area contributed by atoms with Gasteiger partial charge in [-0.05, 0) is 90.8 Å². The summed E-state index contributed by atoms with van der Waals surface area (Å²) in [6, 6.07) is 49.5. The summed E-state index contributed by atoms with van der Waals surface area (Å²) in [6.07, 6.45) is 19.6. The van der Waals surface area contributed by atoms with E-state index in [2.05, 4.69) is 162 Å². The molecule has 0 amide bonds. The van der Waals surface area contributed by atoms with E-state index in [1.54, 1.807) is 0 Å². The van der Waals surface area contributed by atoms with Crippen molar-refractivity contribution >= 4 is 61.4 Å². The average Bonchev–Trinajstić information content (AvgIpc) is 4.02. The van der Waals surface area contributed by atoms with Crippen LogP contribution in [0.3, 0.4) is 0 Å². The van der Waals surface area contributed by atoms with Crippen molar-refractivity contribution in [3.05, 3.63) is 204 Å². The number of para-hydroxylation sites is 2. The van der Waals surface area contributed by atoms with Gasteiger partial charge < -0.3 is 8.98 Å². The van der Waals surface area contributed by atoms with Crippen LogP contribution in [0.5, 0.6) is 0 Å². The molecule has 4 heterocycles. The van der Waals surface area contributed by atoms with E-state index in [9.17, 15) is 0 Å². The first-order valence-electron chi connectivity index (χ1n) is 22.5. The predicted molar refractivity (Wildman–Crippen MR) is 262 cm³/mol. The number of benzene rings is 6. The molecular weight excluding hydrogens is 783 g/mol. The fraction of sp³-hybridized carbons (Fsp3) is 0.121. The fourth-order valence-corrected chi connectivity index (χ4v) is 10.6. The minimum atomic E-state index is 0.189. The zero-order valence-electron chi connectivity index (χ0n) is 35.4. The Morgan fingerprint density at radius 2 is 1.36 bits per heavy atom. The Morgan fingerprint density at radius 3 is 2.14 bits per heavy atom. The Balaban J connectivity index is 1.02. The van der Waals surface area contributed by atoms with Crippen LogP contribution >= 0.6 is 0 Å². The lowest BCUT2D eigenvalue weighted by molar-refractivity contribution is 0.585. The number of allylic oxidation sites excluding steroid dienone is 6. The molecule has 0 aliphatic heterocycles. The molecule has 3 aliphatic rings. The molecule has 0 fully saturated rings. The van der Waals surface area contributed by atoms with Crippen LogP contribution < -0.4 is 0 Å². The molecule has 0 saturated carbocycles. The van der Waals surface area contributed by atoms with Gasteiger partial charge in [0.2, 0.25) is 5.95 Å². The summed E-state index contributed by atoms with van der Waals surface area (Å²) >= 11 is 0. The van der Waals surface area contributed by atoms with E-state index in [1.807, 2.05) is 36.4 Å². The number of rotatable bonds is 6. The highest BCUT2D eigenvalue weighted by Gasteiger charge is 2.31. The van der Waals surface area contributed by atoms with Crippen LogP contribution in [-0.4, -0.2) is 24.1 Å². The molecule has 6 heteroatoms. The van der Waals surface area contributed by atoms with Gasteiger partial charge in [-0.1, -0.05) is 147 Å². The third-order valence-electron chi connectivity index (χ3n) is 13.6. The van der Waals surface area contributed by atoms with E-state index < -0.39 is 0 Å². The van der Waals surface area contributed by atoms with Crippen LogP contribution in [0.2, 0.25) is 0 Å². The summed E-state index contributed by atoms with van der Waals surface area (Å²) in [5.74, 6) is 3.42. The Labute approximate surface area is 370 Å². The Morgan fingerprint density at radius 1 is 0.641 bits per heavy atom. The number of furan rings is 1. The zero-order valence-corrected chi connectivity index (χ0v) is 35.4. The van der Waals surface area contributed by atoms with E-state index in [4.69, 9.17) is 19.4 Å². The summed E-state index contributed by atoms with van der Waals surface area (Å²) in [4.78, 5) is 15.7. The Kier molecular flexibility index (Phi) is 8.41. The third-order valence-corrected chi connectivity index (χ3v) is 13.6. The quantitative estimate of drug-likeness (QED) is 0.168. The van der Waals surface area contributed by atoms with Crippen molar-refractivity contribution in [1.82, 2.24) is 24.1 Å². The van der Waals surface area contributed by atoms with Crippen LogP contribution in [0.4, 0.5) is 0 Å². The summed E-state index contributed by atoms with van der Waals surface area (Å²) in [7, 11) is 0. The zero-order chi connectivity index (χ0) is 42.3. The molecule has 64 heavy (non-hydrogen) atoms. The van der Waals surface area contributed by atoms with Crippen molar-refractivity contribution in [2.75, 3.05) is 0 Å². The van der Waals surface area contributed by atoms with Gasteiger partial charge in [0.05, 0.1) is 11.0 Å². The van der Waals surface area contributed by atoms with Crippen molar-refractivity contribution in [2.45, 2.75) is 38.5 Å². The lowest BCUT2D eigenvalue weighted by Gasteiger charge is -2.21. The fourth-order valence-electron chi connectivity index (χ4n) is 10.6. The second-order valence-electron chi connectivity index (χ2n) is 17.5. The summed E-state index contributed by atoms with van der Waals surface area (Å²) in [5.41, 5.74) is 14.9. The van der Waals surface area contributed by atoms with Gasteiger partial charge in [0.1, 0.15) is 11.3 Å². The highest BCUT2D eigenvalue weighted by molar-refractivity contribution is 6.14. The summed E-state index contributed by atoms with van der Waals surface area (Å²) < 4.78 is 11.7. The van der Waals surface area contributed by atoms with Crippen molar-refractivity contribution in [3.63, 3.8) is 0 Å². The van der Waals surface area contributed by atoms with E-state index >= 15 is 0 Å². The smallest absolute Gasteiger partial charge is 0.238 e. The maximum absolute atomic E-state index is 7.03. The van der Waals surface area contributed by atoms with Gasteiger partial charge in [-0.25, -0.2) is 4.98 Å². The van der Waals surface area contributed by atoms with Crippen LogP contribution in [-0.2, 0) is 12.8 Å². The minimum absolute atomic E-state index is 0.189. The second-order valence-corrected chi connectivity index (χ2v) is 17.5. The van der Waals surface area contributed by atoms with E-state index in [-0.39, 0.29) is 5.92 Å². The van der Waals surface area contributed by atoms with E-state index in [0.29, 0.717) is 23.5 Å². The van der Waals surface area contributed by atoms with Crippen molar-refractivity contribution < 1.29 is 4.42 Å². The van der Waals surface area contributed by atoms with Crippen molar-refractivity contribution in [2.24, 2.45) is 5.92 Å². The molecule has 0 saturated heterocycles. The maximum Gasteiger partial charge on any atom is 0.238 e. The number of hydrogen-bond donors (Lipinski definition) is 0. The monoisotopic (exact) mass is 825 g/mol. The number of nitrogens with zero attached hydrogens (tertiary/aromatic N) is 5. The molecule has 6 nitrogen and oxygen atoms in total. The molecule has 0 bridgehead atoms. The molecule has 306 valence electrons. The largest absolute Gasteiger partial charge is 0.454 e. The topological polar surface area (TPSA) is 61.7 Å². The first kappa shape index (κ1) is 36.8. The number of aromatic nitrogens is 5. The molecule has 6 aromatic carbocycles. The van der Waals surface area contributed by atoms with Crippen LogP contribution in [0.15, 0.2) is 174 Å². The highest BCUT2D eigenvalue weighted by Crippen LogP contribution is 2.48. The molecule has 13 rings (SSSR count). The lowest BCUT2D eigenvalue weighted by Crippen LogP contribution is -2.10. The van der Waals surface area contributed by atoms with Gasteiger partial charge >= 0.3 is 0 Å². The number of hydrogen-bond acceptors (Lipinski definition) is 4. The van der Waals surface area contributed by atoms with Crippen LogP contribution in [0, 0.1) is 5.92 Å². The van der Waals surface area contributed by atoms with Gasteiger partial charge in [0, 0.05) is 61.1 Å². The van der Waals surface area contributed by atoms with E-state index in [1.165, 1.54) is 66.4 Å². The molecule has 10 aromatic rings. The first-order chi connectivity index (χ1) is 31.6. The van der Waals surface area contributed by atoms with Crippen LogP contribution in [0.1, 0.15) is 59.4 Å². The molecule has 2 unspecified atom stereocenters. The van der Waals surface area contributed by atoms with Gasteiger partial charge in [0.15, 0.2) is 17.2 Å². The summed E-state index contributed by atoms with van der Waals surface area (Å²) in [5, 5.41) is 4.89. The number of fused-ring (bicyclic) bond motifs is 10. The molecule has 0 radical (unpaired) electrons. The standard InChI is InChI=1S/C58H43N5O/c1-36-28-31-52-47(32-36)48-35-45(41-21-15-20-39(33-41)40-29-30-51-46(34-40)43-24-11-13-26-49(43)62(51)42-22-9-4-10-23-42)53-44-25-12-14-27-50(44)63(54(53)55(48)64-52)58-60-56(37-16-5-2-6-17-37)59-57(61-58)38-18-7-3-8-19-38/h2-13,15-26,28-31,34-36,39H,14,27,32-33H2,1H3. The normalized spacial score (nSPS) is 16.8. The van der Waals surface area contributed by atoms with Crippen molar-refractivity contribution in [1.29, 1.82) is 0 Å². The molecule has 0 spiro atoms. The molecular formula is C58H43N5O. The van der Waals surface area contributed by atoms with Crippen LogP contribution in [0.25, 0.3) is 95.8 Å². The predicted octanol–water partition coefficient (Wildman–Crippen LogP) is 14.3. The molecule has 0 N–H and O–H groups in total. The average molecular weight is 826 g/mol. The second kappa shape index (κ2) is 14.6. The summed E-state index contributed by atoms with van der Waals surface area (Å²) in [6.45, 7) is 2.29. The molecule has 2 atom stereocenters. The maximum atomic E-state index is 7.03. The van der Waals surface area contributed by atoms with Gasteiger partial charge in [-0.15, -0.1) is 0 Å². The third kappa shape index (κ3) is 5.82. The van der Waals surface area contributed by atoms with Crippen molar-refractivity contribution in [3.8, 4) is 34.4 Å². The Bertz CT molecular complexity index is 3560. The van der Waals surface area contributed by atoms with Gasteiger partial charge in [-0.3, -0.25) is 4.57 Å².